The van der Waals surface area contributed by atoms with Gasteiger partial charge >= 0.3 is 0 Å². The molecule has 0 bridgehead atoms. The fraction of sp³-hybridized carbons (Fsp3) is 0.200. The maximum atomic E-state index is 12.4. The Morgan fingerprint density at radius 3 is 2.68 bits per heavy atom. The molecule has 3 rings (SSSR count). The van der Waals surface area contributed by atoms with Crippen LogP contribution in [-0.4, -0.2) is 25.8 Å². The van der Waals surface area contributed by atoms with Crippen molar-refractivity contribution in [1.82, 2.24) is 9.40 Å². The monoisotopic (exact) mass is 396 g/mol. The number of aryl methyl sites for hydroxylation is 1. The van der Waals surface area contributed by atoms with Crippen LogP contribution >= 0.6 is 0 Å². The van der Waals surface area contributed by atoms with Gasteiger partial charge in [0.1, 0.15) is 5.75 Å². The number of sulfonamides is 1. The number of hydrazone groups is 1. The molecule has 3 aromatic rings. The molecular weight excluding hydrogens is 376 g/mol. The van der Waals surface area contributed by atoms with Crippen molar-refractivity contribution in [3.63, 3.8) is 0 Å². The van der Waals surface area contributed by atoms with E-state index in [2.05, 4.69) is 16.0 Å². The minimum Gasteiger partial charge on any atom is -0.494 e. The Morgan fingerprint density at radius 1 is 1.21 bits per heavy atom. The molecule has 144 valence electrons. The van der Waals surface area contributed by atoms with E-state index >= 15 is 0 Å². The SMILES string of the molecule is CCOc1ccc(S(=O)(=O)N/N=C\c2cn(CCC#N)c3ccccc23)cc1. The molecule has 0 aliphatic carbocycles. The first-order valence-electron chi connectivity index (χ1n) is 8.77. The molecule has 7 nitrogen and oxygen atoms in total. The lowest BCUT2D eigenvalue weighted by Crippen LogP contribution is -2.18. The molecule has 28 heavy (non-hydrogen) atoms. The Hall–Kier alpha value is -3.31. The van der Waals surface area contributed by atoms with E-state index in [4.69, 9.17) is 10.00 Å². The zero-order valence-electron chi connectivity index (χ0n) is 15.4. The zero-order valence-corrected chi connectivity index (χ0v) is 16.2. The molecule has 0 atom stereocenters. The van der Waals surface area contributed by atoms with Gasteiger partial charge in [0.15, 0.2) is 0 Å². The summed E-state index contributed by atoms with van der Waals surface area (Å²) in [6.45, 7) is 2.93. The smallest absolute Gasteiger partial charge is 0.276 e. The van der Waals surface area contributed by atoms with Crippen molar-refractivity contribution in [2.75, 3.05) is 6.61 Å². The van der Waals surface area contributed by atoms with E-state index in [9.17, 15) is 8.42 Å². The van der Waals surface area contributed by atoms with Crippen LogP contribution in [0.4, 0.5) is 0 Å². The van der Waals surface area contributed by atoms with E-state index in [0.29, 0.717) is 25.3 Å². The molecule has 0 unspecified atom stereocenters. The van der Waals surface area contributed by atoms with Gasteiger partial charge in [-0.15, -0.1) is 0 Å². The number of fused-ring (bicyclic) bond motifs is 1. The maximum Gasteiger partial charge on any atom is 0.276 e. The molecule has 0 aliphatic heterocycles. The van der Waals surface area contributed by atoms with Gasteiger partial charge in [0, 0.05) is 29.2 Å². The van der Waals surface area contributed by atoms with Gasteiger partial charge in [-0.05, 0) is 37.3 Å². The number of hydrogen-bond acceptors (Lipinski definition) is 5. The molecule has 0 aliphatic rings. The molecule has 0 amide bonds. The van der Waals surface area contributed by atoms with Crippen LogP contribution in [0.2, 0.25) is 0 Å². The van der Waals surface area contributed by atoms with Crippen LogP contribution in [0.5, 0.6) is 5.75 Å². The van der Waals surface area contributed by atoms with E-state index in [1.54, 1.807) is 12.1 Å². The third-order valence-electron chi connectivity index (χ3n) is 4.11. The molecule has 0 saturated carbocycles. The predicted octanol–water partition coefficient (Wildman–Crippen LogP) is 3.27. The average molecular weight is 396 g/mol. The van der Waals surface area contributed by atoms with Gasteiger partial charge in [0.25, 0.3) is 10.0 Å². The first-order chi connectivity index (χ1) is 13.5. The minimum absolute atomic E-state index is 0.101. The van der Waals surface area contributed by atoms with E-state index in [1.807, 2.05) is 42.0 Å². The van der Waals surface area contributed by atoms with Crippen LogP contribution in [0.3, 0.4) is 0 Å². The minimum atomic E-state index is -3.78. The standard InChI is InChI=1S/C20H20N4O3S/c1-2-27-17-8-10-18(11-9-17)28(25,26)23-22-14-16-15-24(13-5-12-21)20-7-4-3-6-19(16)20/h3-4,6-11,14-15,23H,2,5,13H2,1H3/b22-14-. The fourth-order valence-corrected chi connectivity index (χ4v) is 3.62. The highest BCUT2D eigenvalue weighted by Crippen LogP contribution is 2.20. The van der Waals surface area contributed by atoms with Gasteiger partial charge in [-0.3, -0.25) is 0 Å². The van der Waals surface area contributed by atoms with Crippen molar-refractivity contribution in [2.24, 2.45) is 5.10 Å². The number of rotatable bonds is 8. The van der Waals surface area contributed by atoms with Crippen LogP contribution in [-0.2, 0) is 16.6 Å². The highest BCUT2D eigenvalue weighted by Gasteiger charge is 2.13. The van der Waals surface area contributed by atoms with Crippen molar-refractivity contribution < 1.29 is 13.2 Å². The second-order valence-electron chi connectivity index (χ2n) is 5.96. The number of hydrogen-bond donors (Lipinski definition) is 1. The van der Waals surface area contributed by atoms with Crippen molar-refractivity contribution in [1.29, 1.82) is 5.26 Å². The summed E-state index contributed by atoms with van der Waals surface area (Å²) in [6, 6.07) is 16.0. The second kappa shape index (κ2) is 8.59. The summed E-state index contributed by atoms with van der Waals surface area (Å²) in [7, 11) is -3.78. The van der Waals surface area contributed by atoms with Crippen LogP contribution in [0.25, 0.3) is 10.9 Å². The summed E-state index contributed by atoms with van der Waals surface area (Å²) >= 11 is 0. The van der Waals surface area contributed by atoms with E-state index < -0.39 is 10.0 Å². The van der Waals surface area contributed by atoms with Crippen LogP contribution in [0.1, 0.15) is 18.9 Å². The first-order valence-corrected chi connectivity index (χ1v) is 10.3. The summed E-state index contributed by atoms with van der Waals surface area (Å²) < 4.78 is 32.1. The molecule has 8 heteroatoms. The number of ether oxygens (including phenoxy) is 1. The number of benzene rings is 2. The molecule has 2 aromatic carbocycles. The Labute approximate surface area is 163 Å². The van der Waals surface area contributed by atoms with E-state index in [1.165, 1.54) is 18.3 Å². The third kappa shape index (κ3) is 4.32. The van der Waals surface area contributed by atoms with Gasteiger partial charge < -0.3 is 9.30 Å². The van der Waals surface area contributed by atoms with Gasteiger partial charge in [-0.2, -0.15) is 18.8 Å². The highest BCUT2D eigenvalue weighted by atomic mass is 32.2. The highest BCUT2D eigenvalue weighted by molar-refractivity contribution is 7.89. The Kier molecular flexibility index (Phi) is 5.96. The quantitative estimate of drug-likeness (QED) is 0.467. The van der Waals surface area contributed by atoms with Crippen molar-refractivity contribution in [3.8, 4) is 11.8 Å². The van der Waals surface area contributed by atoms with Crippen molar-refractivity contribution >= 4 is 27.1 Å². The molecule has 1 N–H and O–H groups in total. The van der Waals surface area contributed by atoms with Gasteiger partial charge in [0.2, 0.25) is 0 Å². The summed E-state index contributed by atoms with van der Waals surface area (Å²) in [5.41, 5.74) is 1.73. The zero-order chi connectivity index (χ0) is 20.0. The molecule has 0 spiro atoms. The summed E-state index contributed by atoms with van der Waals surface area (Å²) in [6.07, 6.45) is 3.72. The van der Waals surface area contributed by atoms with Gasteiger partial charge in [0.05, 0.1) is 30.2 Å². The number of para-hydroxylation sites is 1. The Balaban J connectivity index is 1.79. The summed E-state index contributed by atoms with van der Waals surface area (Å²) in [4.78, 5) is 2.33. The number of nitrogens with one attached hydrogen (secondary N) is 1. The number of nitrogens with zero attached hydrogens (tertiary/aromatic N) is 3. The lowest BCUT2D eigenvalue weighted by molar-refractivity contribution is 0.340. The lowest BCUT2D eigenvalue weighted by Gasteiger charge is -2.05. The molecule has 0 radical (unpaired) electrons. The summed E-state index contributed by atoms with van der Waals surface area (Å²) in [5, 5.41) is 13.7. The first kappa shape index (κ1) is 19.5. The Morgan fingerprint density at radius 2 is 1.96 bits per heavy atom. The topological polar surface area (TPSA) is 96.5 Å². The largest absolute Gasteiger partial charge is 0.494 e. The Bertz CT molecular complexity index is 1130. The molecular formula is C20H20N4O3S. The van der Waals surface area contributed by atoms with E-state index in [0.717, 1.165) is 16.5 Å². The fourth-order valence-electron chi connectivity index (χ4n) is 2.83. The van der Waals surface area contributed by atoms with Crippen molar-refractivity contribution in [2.45, 2.75) is 24.8 Å². The van der Waals surface area contributed by atoms with Gasteiger partial charge in [-0.25, -0.2) is 4.83 Å². The summed E-state index contributed by atoms with van der Waals surface area (Å²) in [5.74, 6) is 0.607. The van der Waals surface area contributed by atoms with Crippen LogP contribution in [0.15, 0.2) is 64.7 Å². The number of nitriles is 1. The third-order valence-corrected chi connectivity index (χ3v) is 5.34. The maximum absolute atomic E-state index is 12.4. The molecule has 0 saturated heterocycles. The molecule has 1 aromatic heterocycles. The normalized spacial score (nSPS) is 11.6. The van der Waals surface area contributed by atoms with Crippen LogP contribution < -0.4 is 9.57 Å². The van der Waals surface area contributed by atoms with E-state index in [-0.39, 0.29) is 4.90 Å². The van der Waals surface area contributed by atoms with Crippen molar-refractivity contribution in [3.05, 3.63) is 60.3 Å². The molecule has 0 fully saturated rings. The van der Waals surface area contributed by atoms with Crippen LogP contribution in [0, 0.1) is 11.3 Å². The molecule has 1 heterocycles. The predicted molar refractivity (Wildman–Crippen MR) is 108 cm³/mol. The average Bonchev–Trinajstić information content (AvgIpc) is 3.05. The second-order valence-corrected chi connectivity index (χ2v) is 7.62. The van der Waals surface area contributed by atoms with Gasteiger partial charge in [-0.1, -0.05) is 18.2 Å². The lowest BCUT2D eigenvalue weighted by atomic mass is 10.2. The number of aromatic nitrogens is 1.